The van der Waals surface area contributed by atoms with E-state index in [0.29, 0.717) is 0 Å². The van der Waals surface area contributed by atoms with Crippen LogP contribution in [0.1, 0.15) is 14.9 Å². The molecule has 0 saturated carbocycles. The first-order valence-electron chi connectivity index (χ1n) is 48.5. The summed E-state index contributed by atoms with van der Waals surface area (Å²) in [5.74, 6) is 0. The van der Waals surface area contributed by atoms with Gasteiger partial charge in [-0.3, -0.25) is 0 Å². The Morgan fingerprint density at radius 3 is 0.680 bits per heavy atom. The lowest BCUT2D eigenvalue weighted by atomic mass is 10.0. The highest BCUT2D eigenvalue weighted by Gasteiger charge is 2.25. The van der Waals surface area contributed by atoms with E-state index in [1.54, 1.807) is 0 Å². The fourth-order valence-corrected chi connectivity index (χ4v) is 27.3. The van der Waals surface area contributed by atoms with Crippen LogP contribution in [-0.4, -0.2) is 0 Å². The van der Waals surface area contributed by atoms with E-state index in [-0.39, 0.29) is 14.9 Å². The molecule has 6 aromatic heterocycles. The lowest BCUT2D eigenvalue weighted by molar-refractivity contribution is 1.25. The molecule has 0 bridgehead atoms. The molecular weight excluding hydrogens is 1970 g/mol. The molecule has 0 aliphatic rings. The van der Waals surface area contributed by atoms with Crippen molar-refractivity contribution in [3.63, 3.8) is 0 Å². The number of hydrogen-bond donors (Lipinski definition) is 1. The van der Waals surface area contributed by atoms with Crippen LogP contribution in [0.25, 0.3) is 143 Å². The van der Waals surface area contributed by atoms with Crippen molar-refractivity contribution in [3.8, 4) is 22.3 Å². The number of para-hydroxylation sites is 4. The summed E-state index contributed by atoms with van der Waals surface area (Å²) in [4.78, 5) is 11.9. The maximum absolute atomic E-state index is 3.62. The number of nitrogens with one attached hydrogen (secondary N) is 1. The molecule has 28 aromatic rings. The molecule has 0 fully saturated rings. The van der Waals surface area contributed by atoms with Gasteiger partial charge in [-0.2, -0.15) is 0 Å². The zero-order chi connectivity index (χ0) is 96.2. The Labute approximate surface area is 886 Å². The van der Waals surface area contributed by atoms with Gasteiger partial charge in [0.25, 0.3) is 0 Å². The third kappa shape index (κ3) is 18.2. The molecule has 22 aromatic carbocycles. The predicted molar refractivity (Wildman–Crippen MR) is 652 cm³/mol. The van der Waals surface area contributed by atoms with Gasteiger partial charge in [-0.05, 0) is 289 Å². The highest BCUT2D eigenvalue weighted by molar-refractivity contribution is 9.10. The first-order valence-corrected chi connectivity index (χ1v) is 54.1. The molecule has 6 heterocycles. The normalized spacial score (nSPS) is 11.3. The number of thiophene rings is 6. The van der Waals surface area contributed by atoms with Crippen molar-refractivity contribution in [1.29, 1.82) is 0 Å². The molecule has 0 atom stereocenters. The maximum atomic E-state index is 3.62. The van der Waals surface area contributed by atoms with Gasteiger partial charge in [0.05, 0.1) is 0 Å². The molecule has 704 valence electrons. The topological polar surface area (TPSA) is 28.2 Å². The van der Waals surface area contributed by atoms with E-state index in [1.165, 1.54) is 143 Å². The summed E-state index contributed by atoms with van der Waals surface area (Å²) < 4.78 is 16.6. The smallest absolute Gasteiger partial charge is 0.0482 e. The van der Waals surface area contributed by atoms with E-state index in [0.717, 1.165) is 101 Å². The van der Waals surface area contributed by atoms with Gasteiger partial charge in [0, 0.05) is 222 Å². The van der Waals surface area contributed by atoms with Crippen LogP contribution in [0, 0.1) is 0 Å². The summed E-state index contributed by atoms with van der Waals surface area (Å²) in [6, 6.07) is 189. The third-order valence-electron chi connectivity index (χ3n) is 27.1. The second-order valence-electron chi connectivity index (χ2n) is 36.1. The van der Waals surface area contributed by atoms with Gasteiger partial charge in [-0.25, -0.2) is 0 Å². The lowest BCUT2D eigenvalue weighted by Gasteiger charge is -2.29. The second-order valence-corrected chi connectivity index (χ2v) is 43.5. The number of halogens is 1. The molecule has 0 radical (unpaired) electrons. The summed E-state index contributed by atoms with van der Waals surface area (Å²) in [7, 11) is 0. The summed E-state index contributed by atoms with van der Waals surface area (Å²) >= 11 is 14.7. The largest absolute Gasteiger partial charge is 0.356 e. The Kier molecular flexibility index (Phi) is 25.6. The van der Waals surface area contributed by atoms with Gasteiger partial charge >= 0.3 is 0 Å². The van der Waals surface area contributed by atoms with Crippen LogP contribution in [0.5, 0.6) is 0 Å². The standard InChI is InChI=1S/C66H43N3S3.C42H28N2S2.C24H16BrNS.2CH4/c1-4-15-44(16-5-1)45-27-29-48(30-28-45)69(50-22-14-21-49(39-50)67(46-17-6-2-7-18-46)51-32-36-63-58(40-51)55-23-10-12-25-61(55)70-63)53-34-38-65-60(42-53)57-35-31-54(43-66(57)72-65)68(47-19-8-3-9-20-47)52-33-37-64-59(41-52)56-24-11-13-26-62(56)71-64;1-3-9-28(10-4-1)29-15-17-30(18-16-29)43-31-19-23-40-37(25-31)36-22-20-34(27-42(36)46-40)44(32-11-5-2-6-12-32)33-21-24-41-38(26-33)35-13-7-8-14-39(35)45-41;25-17-7-6-10-19(15-17)26(18-8-2-1-3-9-18)20-13-14-24-22(16-20)21-11-4-5-12-23(21)27-24;;/h1-43H;1-27,43H;1-16H;2*1H4. The van der Waals surface area contributed by atoms with E-state index in [1.807, 2.05) is 68.0 Å². The van der Waals surface area contributed by atoms with Crippen LogP contribution in [0.2, 0.25) is 0 Å². The van der Waals surface area contributed by atoms with E-state index in [2.05, 4.69) is 567 Å². The van der Waals surface area contributed by atoms with E-state index in [9.17, 15) is 0 Å². The monoisotopic (exact) mass is 2060 g/mol. The average Bonchev–Trinajstić information content (AvgIpc) is 1.60. The molecule has 6 nitrogen and oxygen atoms in total. The molecule has 0 unspecified atom stereocenters. The van der Waals surface area contributed by atoms with Crippen molar-refractivity contribution in [3.05, 3.63) is 526 Å². The fourth-order valence-electron chi connectivity index (χ4n) is 20.3. The Morgan fingerprint density at radius 2 is 0.347 bits per heavy atom. The van der Waals surface area contributed by atoms with Crippen molar-refractivity contribution >= 4 is 302 Å². The van der Waals surface area contributed by atoms with Crippen LogP contribution >= 0.6 is 84.0 Å². The minimum Gasteiger partial charge on any atom is -0.356 e. The first kappa shape index (κ1) is 92.8. The average molecular weight is 2060 g/mol. The molecule has 0 saturated heterocycles. The van der Waals surface area contributed by atoms with Gasteiger partial charge in [-0.1, -0.05) is 286 Å². The van der Waals surface area contributed by atoms with Crippen molar-refractivity contribution in [2.24, 2.45) is 0 Å². The number of rotatable bonds is 19. The highest BCUT2D eigenvalue weighted by atomic mass is 79.9. The van der Waals surface area contributed by atoms with Crippen molar-refractivity contribution in [2.75, 3.05) is 29.8 Å². The summed E-state index contributed by atoms with van der Waals surface area (Å²) in [5.41, 5.74) is 23.8. The first-order chi connectivity index (χ1) is 71.7. The Bertz CT molecular complexity index is 9670. The van der Waals surface area contributed by atoms with Crippen molar-refractivity contribution in [1.82, 2.24) is 0 Å². The van der Waals surface area contributed by atoms with Crippen LogP contribution in [0.3, 0.4) is 0 Å². The van der Waals surface area contributed by atoms with Gasteiger partial charge in [-0.15, -0.1) is 68.0 Å². The molecular formula is C134H95BrN6S6. The highest BCUT2D eigenvalue weighted by Crippen LogP contribution is 2.52. The number of benzene rings is 22. The molecule has 13 heteroatoms. The third-order valence-corrected chi connectivity index (χ3v) is 34.5. The van der Waals surface area contributed by atoms with Crippen molar-refractivity contribution in [2.45, 2.75) is 14.9 Å². The van der Waals surface area contributed by atoms with Crippen molar-refractivity contribution < 1.29 is 0 Å². The lowest BCUT2D eigenvalue weighted by Crippen LogP contribution is -2.13. The molecule has 1 N–H and O–H groups in total. The minimum atomic E-state index is 0. The van der Waals surface area contributed by atoms with Crippen LogP contribution in [-0.2, 0) is 0 Å². The van der Waals surface area contributed by atoms with Crippen LogP contribution in [0.15, 0.2) is 526 Å². The zero-order valence-electron chi connectivity index (χ0n) is 78.2. The summed E-state index contributed by atoms with van der Waals surface area (Å²) in [5, 5.41) is 19.1. The number of nitrogens with zero attached hydrogens (tertiary/aromatic N) is 5. The summed E-state index contributed by atoms with van der Waals surface area (Å²) in [6.45, 7) is 0. The molecule has 28 rings (SSSR count). The molecule has 0 aliphatic carbocycles. The number of anilines is 17. The predicted octanol–water partition coefficient (Wildman–Crippen LogP) is 43.7. The molecule has 0 spiro atoms. The van der Waals surface area contributed by atoms with Gasteiger partial charge in [0.1, 0.15) is 0 Å². The minimum absolute atomic E-state index is 0. The Balaban J connectivity index is 0.000000131. The van der Waals surface area contributed by atoms with E-state index < -0.39 is 0 Å². The Morgan fingerprint density at radius 1 is 0.136 bits per heavy atom. The van der Waals surface area contributed by atoms with E-state index in [4.69, 9.17) is 0 Å². The number of hydrogen-bond acceptors (Lipinski definition) is 12. The zero-order valence-corrected chi connectivity index (χ0v) is 84.7. The van der Waals surface area contributed by atoms with Gasteiger partial charge < -0.3 is 29.8 Å². The van der Waals surface area contributed by atoms with Gasteiger partial charge in [0.15, 0.2) is 0 Å². The summed E-state index contributed by atoms with van der Waals surface area (Å²) in [6.07, 6.45) is 0. The number of fused-ring (bicyclic) bond motifs is 18. The maximum Gasteiger partial charge on any atom is 0.0482 e. The quantitative estimate of drug-likeness (QED) is 0.0868. The van der Waals surface area contributed by atoms with E-state index >= 15 is 0 Å². The SMILES string of the molecule is Brc1cccc(N(c2ccccc2)c2ccc3sc4ccccc4c3c2)c1.C.C.c1ccc(-c2ccc(N(c3cccc(N(c4ccccc4)c4ccc5sc6ccccc6c5c4)c3)c3ccc4sc5cc(N(c6ccccc6)c6ccc7sc8ccccc8c7c6)ccc5c4c3)cc2)cc1.c1ccc(-c2ccc(Nc3ccc4sc5cc(N(c6ccccc6)c6ccc7sc8ccccc8c7c6)ccc5c4c3)cc2)cc1. The second kappa shape index (κ2) is 40.6. The molecule has 0 amide bonds. The van der Waals surface area contributed by atoms with Crippen LogP contribution in [0.4, 0.5) is 96.7 Å². The van der Waals surface area contributed by atoms with Gasteiger partial charge in [0.2, 0.25) is 0 Å². The molecule has 0 aliphatic heterocycles. The fraction of sp³-hybridized carbons (Fsp3) is 0.0149. The Hall–Kier alpha value is -16.6. The van der Waals surface area contributed by atoms with Crippen LogP contribution < -0.4 is 29.8 Å². The molecule has 147 heavy (non-hydrogen) atoms.